The number of aryl methyl sites for hydroxylation is 1. The molecule has 1 aliphatic heterocycles. The Morgan fingerprint density at radius 2 is 2.12 bits per heavy atom. The van der Waals surface area contributed by atoms with Gasteiger partial charge in [-0.25, -0.2) is 9.37 Å². The van der Waals surface area contributed by atoms with E-state index in [0.717, 1.165) is 55.5 Å². The summed E-state index contributed by atoms with van der Waals surface area (Å²) < 4.78 is 16.2. The summed E-state index contributed by atoms with van der Waals surface area (Å²) in [5.41, 5.74) is 3.43. The summed E-state index contributed by atoms with van der Waals surface area (Å²) in [5, 5.41) is 11.7. The quantitative estimate of drug-likeness (QED) is 0.592. The number of carbonyl (C=O) groups is 1. The second-order valence-corrected chi connectivity index (χ2v) is 8.89. The van der Waals surface area contributed by atoms with E-state index < -0.39 is 0 Å². The summed E-state index contributed by atoms with van der Waals surface area (Å²) in [5.74, 6) is 0.796. The number of hydrogen-bond acceptors (Lipinski definition) is 6. The number of halogens is 1. The minimum Gasteiger partial charge on any atom is -0.351 e. The predicted octanol–water partition coefficient (Wildman–Crippen LogP) is 3.10. The van der Waals surface area contributed by atoms with Crippen molar-refractivity contribution in [3.05, 3.63) is 53.2 Å². The molecule has 2 aromatic heterocycles. The van der Waals surface area contributed by atoms with Gasteiger partial charge in [0.2, 0.25) is 11.9 Å². The Bertz CT molecular complexity index is 1110. The van der Waals surface area contributed by atoms with Gasteiger partial charge in [0.05, 0.1) is 6.54 Å². The molecule has 33 heavy (non-hydrogen) atoms. The maximum absolute atomic E-state index is 14.4. The molecule has 3 aromatic rings. The molecule has 9 heteroatoms. The molecule has 3 heterocycles. The standard InChI is InChI=1S/C24H32FN7O/c1-4-17-7-5-9-21(25)19(17)13-26-24-27-14-20(23-29-28-16-32(23)24)18-8-6-11-31(12-10-18)22(33)15-30(2)3/h5,7,9,14,16,18H,4,6,8,10-13,15H2,1-3H3,(H,26,27)/t18-/m1/s1. The van der Waals surface area contributed by atoms with Gasteiger partial charge in [0.25, 0.3) is 0 Å². The van der Waals surface area contributed by atoms with Gasteiger partial charge in [0, 0.05) is 37.0 Å². The average Bonchev–Trinajstić information content (AvgIpc) is 3.15. The van der Waals surface area contributed by atoms with Crippen LogP contribution in [0.15, 0.2) is 30.7 Å². The van der Waals surface area contributed by atoms with Crippen LogP contribution in [-0.2, 0) is 17.8 Å². The normalized spacial score (nSPS) is 16.9. The zero-order valence-corrected chi connectivity index (χ0v) is 19.6. The number of rotatable bonds is 7. The fourth-order valence-corrected chi connectivity index (χ4v) is 4.58. The van der Waals surface area contributed by atoms with Crippen LogP contribution in [0.5, 0.6) is 0 Å². The fourth-order valence-electron chi connectivity index (χ4n) is 4.58. The zero-order valence-electron chi connectivity index (χ0n) is 19.6. The Morgan fingerprint density at radius 3 is 2.91 bits per heavy atom. The Hall–Kier alpha value is -3.07. The highest BCUT2D eigenvalue weighted by atomic mass is 19.1. The molecule has 0 unspecified atom stereocenters. The third-order valence-corrected chi connectivity index (χ3v) is 6.35. The Labute approximate surface area is 193 Å². The molecule has 0 bridgehead atoms. The minimum atomic E-state index is -0.217. The molecule has 1 saturated heterocycles. The molecule has 0 spiro atoms. The molecule has 1 N–H and O–H groups in total. The van der Waals surface area contributed by atoms with Crippen LogP contribution in [0.4, 0.5) is 10.3 Å². The van der Waals surface area contributed by atoms with Gasteiger partial charge in [-0.05, 0) is 57.3 Å². The first-order chi connectivity index (χ1) is 16.0. The fraction of sp³-hybridized carbons (Fsp3) is 0.500. The maximum atomic E-state index is 14.4. The van der Waals surface area contributed by atoms with E-state index in [4.69, 9.17) is 0 Å². The third-order valence-electron chi connectivity index (χ3n) is 6.35. The number of likely N-dealkylation sites (tertiary alicyclic amines) is 1. The van der Waals surface area contributed by atoms with Crippen molar-refractivity contribution >= 4 is 17.5 Å². The summed E-state index contributed by atoms with van der Waals surface area (Å²) in [6.07, 6.45) is 7.04. The monoisotopic (exact) mass is 453 g/mol. The lowest BCUT2D eigenvalue weighted by Crippen LogP contribution is -2.38. The van der Waals surface area contributed by atoms with E-state index in [1.54, 1.807) is 12.4 Å². The van der Waals surface area contributed by atoms with Gasteiger partial charge in [0.1, 0.15) is 12.1 Å². The molecule has 1 atom stereocenters. The van der Waals surface area contributed by atoms with Gasteiger partial charge in [-0.3, -0.25) is 9.20 Å². The van der Waals surface area contributed by atoms with Crippen LogP contribution < -0.4 is 5.32 Å². The lowest BCUT2D eigenvalue weighted by molar-refractivity contribution is -0.131. The van der Waals surface area contributed by atoms with Crippen molar-refractivity contribution in [2.45, 2.75) is 45.1 Å². The molecule has 0 saturated carbocycles. The van der Waals surface area contributed by atoms with Crippen LogP contribution in [0.2, 0.25) is 0 Å². The molecule has 1 aromatic carbocycles. The molecular formula is C24H32FN7O. The highest BCUT2D eigenvalue weighted by molar-refractivity contribution is 5.78. The Kier molecular flexibility index (Phi) is 7.17. The molecule has 8 nitrogen and oxygen atoms in total. The van der Waals surface area contributed by atoms with E-state index in [9.17, 15) is 9.18 Å². The van der Waals surface area contributed by atoms with Gasteiger partial charge in [-0.2, -0.15) is 0 Å². The van der Waals surface area contributed by atoms with Crippen molar-refractivity contribution in [2.24, 2.45) is 0 Å². The number of benzene rings is 1. The van der Waals surface area contributed by atoms with Gasteiger partial charge in [-0.15, -0.1) is 10.2 Å². The first-order valence-electron chi connectivity index (χ1n) is 11.6. The molecule has 0 aliphatic carbocycles. The van der Waals surface area contributed by atoms with E-state index in [0.29, 0.717) is 24.6 Å². The summed E-state index contributed by atoms with van der Waals surface area (Å²) in [4.78, 5) is 21.0. The van der Waals surface area contributed by atoms with Gasteiger partial charge >= 0.3 is 0 Å². The second kappa shape index (κ2) is 10.2. The summed E-state index contributed by atoms with van der Waals surface area (Å²) in [7, 11) is 3.83. The Morgan fingerprint density at radius 1 is 1.27 bits per heavy atom. The van der Waals surface area contributed by atoms with Crippen LogP contribution in [0.25, 0.3) is 5.65 Å². The van der Waals surface area contributed by atoms with Crippen molar-refractivity contribution in [1.82, 2.24) is 29.4 Å². The predicted molar refractivity (Wildman–Crippen MR) is 126 cm³/mol. The number of nitrogens with one attached hydrogen (secondary N) is 1. The van der Waals surface area contributed by atoms with Gasteiger partial charge in [-0.1, -0.05) is 19.1 Å². The number of hydrogen-bond donors (Lipinski definition) is 1. The Balaban J connectivity index is 1.51. The average molecular weight is 454 g/mol. The van der Waals surface area contributed by atoms with Crippen LogP contribution in [0.3, 0.4) is 0 Å². The van der Waals surface area contributed by atoms with Crippen LogP contribution in [-0.4, -0.2) is 69.0 Å². The first kappa shape index (κ1) is 23.1. The first-order valence-corrected chi connectivity index (χ1v) is 11.6. The lowest BCUT2D eigenvalue weighted by Gasteiger charge is -2.22. The minimum absolute atomic E-state index is 0.172. The number of fused-ring (bicyclic) bond motifs is 1. The van der Waals surface area contributed by atoms with Crippen molar-refractivity contribution in [3.63, 3.8) is 0 Å². The summed E-state index contributed by atoms with van der Waals surface area (Å²) in [6.45, 7) is 4.29. The number of carbonyl (C=O) groups excluding carboxylic acids is 1. The van der Waals surface area contributed by atoms with Crippen LogP contribution >= 0.6 is 0 Å². The van der Waals surface area contributed by atoms with Crippen molar-refractivity contribution in [3.8, 4) is 0 Å². The van der Waals surface area contributed by atoms with E-state index in [1.807, 2.05) is 47.5 Å². The molecular weight excluding hydrogens is 421 g/mol. The van der Waals surface area contributed by atoms with Crippen molar-refractivity contribution in [2.75, 3.05) is 39.0 Å². The van der Waals surface area contributed by atoms with Gasteiger partial charge < -0.3 is 15.1 Å². The summed E-state index contributed by atoms with van der Waals surface area (Å²) >= 11 is 0. The molecule has 4 rings (SSSR count). The number of amides is 1. The van der Waals surface area contributed by atoms with Crippen LogP contribution in [0, 0.1) is 5.82 Å². The van der Waals surface area contributed by atoms with E-state index in [2.05, 4.69) is 20.5 Å². The molecule has 176 valence electrons. The van der Waals surface area contributed by atoms with E-state index >= 15 is 0 Å². The number of aromatic nitrogens is 4. The lowest BCUT2D eigenvalue weighted by atomic mass is 9.94. The topological polar surface area (TPSA) is 78.7 Å². The third kappa shape index (κ3) is 5.13. The SMILES string of the molecule is CCc1cccc(F)c1CNc1ncc([C@@H]2CCCN(C(=O)CN(C)C)CC2)c2nncn12. The number of likely N-dealkylation sites (N-methyl/N-ethyl adjacent to an activating group) is 1. The van der Waals surface area contributed by atoms with E-state index in [-0.39, 0.29) is 17.6 Å². The van der Waals surface area contributed by atoms with Crippen molar-refractivity contribution in [1.29, 1.82) is 0 Å². The van der Waals surface area contributed by atoms with E-state index in [1.165, 1.54) is 6.07 Å². The molecule has 0 radical (unpaired) electrons. The largest absolute Gasteiger partial charge is 0.351 e. The number of anilines is 1. The second-order valence-electron chi connectivity index (χ2n) is 8.89. The van der Waals surface area contributed by atoms with Gasteiger partial charge in [0.15, 0.2) is 5.65 Å². The highest BCUT2D eigenvalue weighted by Crippen LogP contribution is 2.31. The molecule has 1 fully saturated rings. The van der Waals surface area contributed by atoms with Crippen LogP contribution in [0.1, 0.15) is 48.8 Å². The van der Waals surface area contributed by atoms with Crippen molar-refractivity contribution < 1.29 is 9.18 Å². The maximum Gasteiger partial charge on any atom is 0.236 e. The molecule has 1 amide bonds. The smallest absolute Gasteiger partial charge is 0.236 e. The number of nitrogens with zero attached hydrogens (tertiary/aromatic N) is 6. The highest BCUT2D eigenvalue weighted by Gasteiger charge is 2.25. The zero-order chi connectivity index (χ0) is 23.4. The molecule has 1 aliphatic rings. The summed E-state index contributed by atoms with van der Waals surface area (Å²) in [6, 6.07) is 5.17.